The van der Waals surface area contributed by atoms with Crippen molar-refractivity contribution in [2.75, 3.05) is 12.3 Å². The molecule has 0 saturated heterocycles. The maximum absolute atomic E-state index is 14.2. The molecule has 0 bridgehead atoms. The summed E-state index contributed by atoms with van der Waals surface area (Å²) in [5.41, 5.74) is 3.68. The minimum atomic E-state index is -4.25. The monoisotopic (exact) mass is 557 g/mol. The molecule has 2 heterocycles. The van der Waals surface area contributed by atoms with E-state index in [1.54, 1.807) is 41.5 Å². The van der Waals surface area contributed by atoms with Crippen molar-refractivity contribution in [2.24, 2.45) is 5.41 Å². The maximum atomic E-state index is 14.2. The van der Waals surface area contributed by atoms with Gasteiger partial charge in [-0.15, -0.1) is 0 Å². The third-order valence-electron chi connectivity index (χ3n) is 4.85. The Morgan fingerprint density at radius 1 is 1.16 bits per heavy atom. The second-order valence-electron chi connectivity index (χ2n) is 10.2. The van der Waals surface area contributed by atoms with Crippen LogP contribution in [-0.2, 0) is 28.2 Å². The molecule has 2 aromatic heterocycles. The van der Waals surface area contributed by atoms with Crippen molar-refractivity contribution < 1.29 is 37.4 Å². The predicted octanol–water partition coefficient (Wildman–Crippen LogP) is 4.32. The molecule has 0 fully saturated rings. The van der Waals surface area contributed by atoms with Gasteiger partial charge in [-0.05, 0) is 53.7 Å². The molecule has 13 heteroatoms. The number of nitrogens with one attached hydrogen (secondary N) is 1. The average Bonchev–Trinajstić information content (AvgIpc) is 3.38. The summed E-state index contributed by atoms with van der Waals surface area (Å²) in [5.74, 6) is -1.51. The smallest absolute Gasteiger partial charge is 0.336 e. The highest BCUT2D eigenvalue weighted by Gasteiger charge is 2.43. The van der Waals surface area contributed by atoms with Crippen LogP contribution in [0.1, 0.15) is 72.0 Å². The molecular formula is C24H36N3O8PS. The van der Waals surface area contributed by atoms with E-state index in [1.807, 2.05) is 0 Å². The molecule has 2 rings (SSSR count). The number of Topliss-reactive ketones (excluding diaryl/α,β-unsaturated/α-hetero) is 1. The van der Waals surface area contributed by atoms with E-state index >= 15 is 0 Å². The van der Waals surface area contributed by atoms with Gasteiger partial charge in [-0.25, -0.2) is 14.9 Å². The van der Waals surface area contributed by atoms with Gasteiger partial charge in [0.25, 0.3) is 0 Å². The molecule has 0 saturated carbocycles. The summed E-state index contributed by atoms with van der Waals surface area (Å²) in [6, 6.07) is 2.83. The summed E-state index contributed by atoms with van der Waals surface area (Å²) in [6.07, 6.45) is -1.70. The van der Waals surface area contributed by atoms with E-state index in [9.17, 15) is 18.9 Å². The Hall–Kier alpha value is -2.53. The molecule has 2 atom stereocenters. The number of aromatic nitrogens is 1. The topological polar surface area (TPSA) is 160 Å². The average molecular weight is 558 g/mol. The Morgan fingerprint density at radius 3 is 2.32 bits per heavy atom. The van der Waals surface area contributed by atoms with Crippen molar-refractivity contribution >= 4 is 47.2 Å². The normalized spacial score (nSPS) is 14.8. The Balaban J connectivity index is 2.55. The van der Waals surface area contributed by atoms with Crippen molar-refractivity contribution in [3.8, 4) is 11.5 Å². The van der Waals surface area contributed by atoms with Crippen LogP contribution in [-0.4, -0.2) is 47.1 Å². The first-order chi connectivity index (χ1) is 16.9. The number of rotatable bonds is 11. The van der Waals surface area contributed by atoms with Crippen LogP contribution in [0.2, 0.25) is 0 Å². The predicted molar refractivity (Wildman–Crippen MR) is 141 cm³/mol. The number of hydrogen-bond donors (Lipinski definition) is 2. The van der Waals surface area contributed by atoms with Crippen LogP contribution in [0.3, 0.4) is 0 Å². The fourth-order valence-corrected chi connectivity index (χ4v) is 6.17. The van der Waals surface area contributed by atoms with E-state index in [1.165, 1.54) is 32.9 Å². The first-order valence-corrected chi connectivity index (χ1v) is 14.2. The SMILES string of the molecule is CCOC(=O)C(C)(C)NP(=O)(O[C@@H](C)C(=O)OC(C)C)c1ccc(-c2nc(N)sc2C(=O)C(C)(C)C)o1. The summed E-state index contributed by atoms with van der Waals surface area (Å²) in [4.78, 5) is 42.5. The van der Waals surface area contributed by atoms with Crippen molar-refractivity contribution in [1.29, 1.82) is 0 Å². The standard InChI is InChI=1S/C24H36N3O8PS/c1-10-32-21(30)24(8,9)27-36(31,35-14(4)20(29)33-13(2)3)16-12-11-15(34-16)17-18(37-22(25)26-17)19(28)23(5,6)7/h11-14H,10H2,1-9H3,(H2,25,26)(H,27,31)/t14-,36?/m0/s1. The van der Waals surface area contributed by atoms with Crippen LogP contribution in [0.4, 0.5) is 5.13 Å². The lowest BCUT2D eigenvalue weighted by atomic mass is 9.89. The summed E-state index contributed by atoms with van der Waals surface area (Å²) in [6.45, 7) is 14.7. The number of hydrogen-bond acceptors (Lipinski definition) is 11. The molecule has 0 aliphatic heterocycles. The summed E-state index contributed by atoms with van der Waals surface area (Å²) in [7, 11) is -4.25. The number of ether oxygens (including phenoxy) is 2. The number of anilines is 1. The van der Waals surface area contributed by atoms with Gasteiger partial charge in [0.15, 0.2) is 22.8 Å². The first kappa shape index (κ1) is 30.7. The first-order valence-electron chi connectivity index (χ1n) is 11.8. The van der Waals surface area contributed by atoms with E-state index in [4.69, 9.17) is 24.1 Å². The molecule has 37 heavy (non-hydrogen) atoms. The van der Waals surface area contributed by atoms with Crippen LogP contribution in [0, 0.1) is 5.41 Å². The molecule has 0 amide bonds. The number of carbonyl (C=O) groups is 3. The van der Waals surface area contributed by atoms with Crippen molar-refractivity contribution in [3.05, 3.63) is 17.0 Å². The second-order valence-corrected chi connectivity index (χ2v) is 13.2. The van der Waals surface area contributed by atoms with Gasteiger partial charge in [0.2, 0.25) is 5.50 Å². The molecule has 11 nitrogen and oxygen atoms in total. The summed E-state index contributed by atoms with van der Waals surface area (Å²) in [5, 5.41) is 2.85. The zero-order valence-electron chi connectivity index (χ0n) is 22.7. The second kappa shape index (κ2) is 11.5. The van der Waals surface area contributed by atoms with Crippen LogP contribution in [0.5, 0.6) is 0 Å². The lowest BCUT2D eigenvalue weighted by Gasteiger charge is -2.29. The summed E-state index contributed by atoms with van der Waals surface area (Å²) >= 11 is 1.02. The van der Waals surface area contributed by atoms with E-state index in [0.717, 1.165) is 11.3 Å². The minimum absolute atomic E-state index is 0.104. The highest BCUT2D eigenvalue weighted by molar-refractivity contribution is 7.64. The van der Waals surface area contributed by atoms with Gasteiger partial charge in [-0.3, -0.25) is 18.7 Å². The summed E-state index contributed by atoms with van der Waals surface area (Å²) < 4.78 is 36.0. The van der Waals surface area contributed by atoms with Crippen molar-refractivity contribution in [3.63, 3.8) is 0 Å². The quantitative estimate of drug-likeness (QED) is 0.230. The van der Waals surface area contributed by atoms with Gasteiger partial charge in [0.05, 0.1) is 12.7 Å². The highest BCUT2D eigenvalue weighted by atomic mass is 32.1. The largest absolute Gasteiger partial charge is 0.465 e. The number of esters is 2. The van der Waals surface area contributed by atoms with Gasteiger partial charge >= 0.3 is 19.5 Å². The number of carbonyl (C=O) groups excluding carboxylic acids is 3. The Kier molecular flexibility index (Phi) is 9.51. The van der Waals surface area contributed by atoms with Gasteiger partial charge in [-0.1, -0.05) is 32.1 Å². The number of nitrogen functional groups attached to an aromatic ring is 1. The zero-order chi connectivity index (χ0) is 28.3. The molecule has 206 valence electrons. The highest BCUT2D eigenvalue weighted by Crippen LogP contribution is 2.47. The molecule has 3 N–H and O–H groups in total. The molecule has 1 unspecified atom stereocenters. The van der Waals surface area contributed by atoms with E-state index in [-0.39, 0.29) is 39.4 Å². The molecule has 0 radical (unpaired) electrons. The minimum Gasteiger partial charge on any atom is -0.465 e. The molecular weight excluding hydrogens is 521 g/mol. The molecule has 2 aromatic rings. The molecule has 0 aromatic carbocycles. The number of nitrogens with two attached hydrogens (primary N) is 1. The van der Waals surface area contributed by atoms with E-state index in [0.29, 0.717) is 0 Å². The Labute approximate surface area is 220 Å². The number of ketones is 1. The van der Waals surface area contributed by atoms with Crippen molar-refractivity contribution in [1.82, 2.24) is 10.1 Å². The van der Waals surface area contributed by atoms with Gasteiger partial charge in [0, 0.05) is 5.41 Å². The van der Waals surface area contributed by atoms with Crippen LogP contribution in [0.15, 0.2) is 16.5 Å². The Morgan fingerprint density at radius 2 is 1.78 bits per heavy atom. The number of furan rings is 1. The zero-order valence-corrected chi connectivity index (χ0v) is 24.4. The molecule has 0 aliphatic carbocycles. The van der Waals surface area contributed by atoms with Crippen molar-refractivity contribution in [2.45, 2.75) is 80.1 Å². The third-order valence-corrected chi connectivity index (χ3v) is 8.02. The Bertz CT molecular complexity index is 1190. The lowest BCUT2D eigenvalue weighted by molar-refractivity contribution is -0.154. The van der Waals surface area contributed by atoms with Gasteiger partial charge in [-0.2, -0.15) is 0 Å². The van der Waals surface area contributed by atoms with Gasteiger partial charge in [0.1, 0.15) is 16.1 Å². The van der Waals surface area contributed by atoms with Crippen LogP contribution >= 0.6 is 18.9 Å². The van der Waals surface area contributed by atoms with E-state index in [2.05, 4.69) is 10.1 Å². The molecule has 0 aliphatic rings. The third kappa shape index (κ3) is 7.50. The van der Waals surface area contributed by atoms with Gasteiger partial charge < -0.3 is 19.6 Å². The van der Waals surface area contributed by atoms with Crippen LogP contribution in [0.25, 0.3) is 11.5 Å². The fraction of sp³-hybridized carbons (Fsp3) is 0.583. The maximum Gasteiger partial charge on any atom is 0.336 e. The lowest BCUT2D eigenvalue weighted by Crippen LogP contribution is -2.48. The molecule has 0 spiro atoms. The fourth-order valence-electron chi connectivity index (χ4n) is 3.06. The number of nitrogens with zero attached hydrogens (tertiary/aromatic N) is 1. The number of thiazole rings is 1. The van der Waals surface area contributed by atoms with E-state index < -0.39 is 42.6 Å². The van der Waals surface area contributed by atoms with Crippen LogP contribution < -0.4 is 16.3 Å².